The van der Waals surface area contributed by atoms with Crippen molar-refractivity contribution in [3.05, 3.63) is 84.4 Å². The van der Waals surface area contributed by atoms with Gasteiger partial charge in [-0.3, -0.25) is 9.10 Å². The van der Waals surface area contributed by atoms with Gasteiger partial charge in [-0.25, -0.2) is 13.8 Å². The molecule has 0 saturated carbocycles. The summed E-state index contributed by atoms with van der Waals surface area (Å²) in [6, 6.07) is 23.1. The molecule has 1 fully saturated rings. The van der Waals surface area contributed by atoms with Crippen molar-refractivity contribution in [3.63, 3.8) is 0 Å². The molecule has 3 aromatic rings. The summed E-state index contributed by atoms with van der Waals surface area (Å²) in [4.78, 5) is 12.4. The summed E-state index contributed by atoms with van der Waals surface area (Å²) < 4.78 is 37.3. The van der Waals surface area contributed by atoms with Crippen molar-refractivity contribution in [2.24, 2.45) is 5.10 Å². The van der Waals surface area contributed by atoms with Crippen LogP contribution in [0, 0.1) is 0 Å². The molecule has 8 nitrogen and oxygen atoms in total. The molecule has 0 bridgehead atoms. The van der Waals surface area contributed by atoms with Gasteiger partial charge in [0.15, 0.2) is 0 Å². The SMILES string of the molecule is CS(=O)(=O)N(CC(=O)N/N=C\c1cccc(OC2CSC2)c1)c1ccc(Oc2ccccc2)cc1. The van der Waals surface area contributed by atoms with Crippen LogP contribution >= 0.6 is 11.8 Å². The van der Waals surface area contributed by atoms with Crippen LogP contribution in [0.15, 0.2) is 84.0 Å². The van der Waals surface area contributed by atoms with E-state index in [1.807, 2.05) is 66.4 Å². The lowest BCUT2D eigenvalue weighted by atomic mass is 10.2. The van der Waals surface area contributed by atoms with Crippen molar-refractivity contribution in [1.29, 1.82) is 0 Å². The number of anilines is 1. The van der Waals surface area contributed by atoms with E-state index in [0.29, 0.717) is 17.2 Å². The molecule has 35 heavy (non-hydrogen) atoms. The number of carbonyl (C=O) groups excluding carboxylic acids is 1. The Balaban J connectivity index is 1.36. The Morgan fingerprint density at radius 1 is 1.03 bits per heavy atom. The maximum absolute atomic E-state index is 12.4. The van der Waals surface area contributed by atoms with Crippen LogP contribution in [0.5, 0.6) is 17.2 Å². The first-order chi connectivity index (χ1) is 16.9. The third-order valence-corrected chi connectivity index (χ3v) is 7.32. The zero-order valence-electron chi connectivity index (χ0n) is 19.0. The number of para-hydroxylation sites is 1. The topological polar surface area (TPSA) is 97.3 Å². The van der Waals surface area contributed by atoms with E-state index in [-0.39, 0.29) is 6.10 Å². The third-order valence-electron chi connectivity index (χ3n) is 4.96. The fourth-order valence-corrected chi connectivity index (χ4v) is 4.61. The van der Waals surface area contributed by atoms with Gasteiger partial charge in [0.1, 0.15) is 29.9 Å². The third kappa shape index (κ3) is 7.24. The Morgan fingerprint density at radius 3 is 2.37 bits per heavy atom. The summed E-state index contributed by atoms with van der Waals surface area (Å²) in [6.45, 7) is -0.419. The number of rotatable bonds is 10. The summed E-state index contributed by atoms with van der Waals surface area (Å²) in [7, 11) is -3.71. The predicted octanol–water partition coefficient (Wildman–Crippen LogP) is 3.89. The molecule has 1 saturated heterocycles. The number of nitrogens with zero attached hydrogens (tertiary/aromatic N) is 2. The molecule has 1 N–H and O–H groups in total. The van der Waals surface area contributed by atoms with Gasteiger partial charge in [0.2, 0.25) is 10.0 Å². The Kier molecular flexibility index (Phi) is 7.94. The van der Waals surface area contributed by atoms with Crippen molar-refractivity contribution in [3.8, 4) is 17.2 Å². The van der Waals surface area contributed by atoms with Gasteiger partial charge in [-0.2, -0.15) is 16.9 Å². The molecule has 1 heterocycles. The van der Waals surface area contributed by atoms with Crippen LogP contribution in [0.4, 0.5) is 5.69 Å². The molecule has 182 valence electrons. The highest BCUT2D eigenvalue weighted by Crippen LogP contribution is 2.26. The van der Waals surface area contributed by atoms with Gasteiger partial charge in [0.25, 0.3) is 5.91 Å². The molecular formula is C25H25N3O5S2. The summed E-state index contributed by atoms with van der Waals surface area (Å²) >= 11 is 1.84. The first-order valence-electron chi connectivity index (χ1n) is 10.8. The highest BCUT2D eigenvalue weighted by molar-refractivity contribution is 8.00. The van der Waals surface area contributed by atoms with E-state index in [0.717, 1.165) is 33.4 Å². The number of sulfonamides is 1. The van der Waals surface area contributed by atoms with Gasteiger partial charge in [0, 0.05) is 11.5 Å². The number of amides is 1. The maximum atomic E-state index is 12.4. The van der Waals surface area contributed by atoms with E-state index >= 15 is 0 Å². The number of thioether (sulfide) groups is 1. The van der Waals surface area contributed by atoms with Gasteiger partial charge in [-0.15, -0.1) is 0 Å². The minimum Gasteiger partial charge on any atom is -0.489 e. The van der Waals surface area contributed by atoms with Gasteiger partial charge >= 0.3 is 0 Å². The lowest BCUT2D eigenvalue weighted by molar-refractivity contribution is -0.119. The molecule has 0 spiro atoms. The molecule has 4 rings (SSSR count). The molecule has 1 aliphatic rings. The lowest BCUT2D eigenvalue weighted by Gasteiger charge is -2.25. The van der Waals surface area contributed by atoms with Gasteiger partial charge in [-0.1, -0.05) is 30.3 Å². The molecule has 0 radical (unpaired) electrons. The molecule has 3 aromatic carbocycles. The molecule has 0 aromatic heterocycles. The highest BCUT2D eigenvalue weighted by atomic mass is 32.2. The second-order valence-corrected chi connectivity index (χ2v) is 10.8. The summed E-state index contributed by atoms with van der Waals surface area (Å²) in [5.41, 5.74) is 3.48. The van der Waals surface area contributed by atoms with Gasteiger partial charge in [0.05, 0.1) is 18.2 Å². The summed E-state index contributed by atoms with van der Waals surface area (Å²) in [5.74, 6) is 3.34. The van der Waals surface area contributed by atoms with Crippen LogP contribution in [0.25, 0.3) is 0 Å². The standard InChI is InChI=1S/C25H25N3O5S2/c1-35(30,31)28(20-10-12-22(13-11-20)32-21-7-3-2-4-8-21)16-25(29)27-26-15-19-6-5-9-23(14-19)33-24-17-34-18-24/h2-15,24H,16-18H2,1H3,(H,27,29)/b26-15-. The quantitative estimate of drug-likeness (QED) is 0.328. The Morgan fingerprint density at radius 2 is 1.71 bits per heavy atom. The minimum atomic E-state index is -3.71. The number of hydrogen-bond donors (Lipinski definition) is 1. The fraction of sp³-hybridized carbons (Fsp3) is 0.200. The normalized spacial score (nSPS) is 13.7. The smallest absolute Gasteiger partial charge is 0.260 e. The van der Waals surface area contributed by atoms with E-state index in [1.54, 1.807) is 24.3 Å². The fourth-order valence-electron chi connectivity index (χ4n) is 3.19. The van der Waals surface area contributed by atoms with Crippen LogP contribution in [-0.4, -0.2) is 50.9 Å². The first-order valence-corrected chi connectivity index (χ1v) is 13.8. The van der Waals surface area contributed by atoms with Crippen LogP contribution < -0.4 is 19.2 Å². The van der Waals surface area contributed by atoms with Crippen molar-refractivity contribution in [2.45, 2.75) is 6.10 Å². The number of benzene rings is 3. The van der Waals surface area contributed by atoms with Crippen LogP contribution in [0.3, 0.4) is 0 Å². The zero-order valence-corrected chi connectivity index (χ0v) is 20.7. The average molecular weight is 512 g/mol. The Hall–Kier alpha value is -3.50. The number of hydrogen-bond acceptors (Lipinski definition) is 7. The van der Waals surface area contributed by atoms with E-state index in [2.05, 4.69) is 10.5 Å². The van der Waals surface area contributed by atoms with Crippen LogP contribution in [0.2, 0.25) is 0 Å². The molecule has 10 heteroatoms. The van der Waals surface area contributed by atoms with E-state index in [4.69, 9.17) is 9.47 Å². The largest absolute Gasteiger partial charge is 0.489 e. The monoisotopic (exact) mass is 511 g/mol. The maximum Gasteiger partial charge on any atom is 0.260 e. The number of carbonyl (C=O) groups is 1. The molecule has 1 aliphatic heterocycles. The second kappa shape index (κ2) is 11.3. The number of nitrogens with one attached hydrogen (secondary N) is 1. The van der Waals surface area contributed by atoms with E-state index in [1.165, 1.54) is 6.21 Å². The average Bonchev–Trinajstić information content (AvgIpc) is 2.81. The number of hydrazone groups is 1. The van der Waals surface area contributed by atoms with Crippen LogP contribution in [-0.2, 0) is 14.8 Å². The van der Waals surface area contributed by atoms with Crippen LogP contribution in [0.1, 0.15) is 5.56 Å². The Bertz CT molecular complexity index is 1280. The Labute approximate surface area is 209 Å². The predicted molar refractivity (Wildman–Crippen MR) is 139 cm³/mol. The van der Waals surface area contributed by atoms with E-state index < -0.39 is 22.5 Å². The molecule has 1 amide bonds. The van der Waals surface area contributed by atoms with Gasteiger partial charge < -0.3 is 9.47 Å². The zero-order chi connectivity index (χ0) is 24.7. The van der Waals surface area contributed by atoms with Crippen molar-refractivity contribution >= 4 is 39.6 Å². The highest BCUT2D eigenvalue weighted by Gasteiger charge is 2.21. The lowest BCUT2D eigenvalue weighted by Crippen LogP contribution is -2.39. The minimum absolute atomic E-state index is 0.229. The first kappa shape index (κ1) is 24.6. The molecule has 0 aliphatic carbocycles. The second-order valence-electron chi connectivity index (χ2n) is 7.82. The molecule has 0 unspecified atom stereocenters. The molecule has 0 atom stereocenters. The summed E-state index contributed by atoms with van der Waals surface area (Å²) in [6.07, 6.45) is 2.76. The van der Waals surface area contributed by atoms with Gasteiger partial charge in [-0.05, 0) is 54.1 Å². The summed E-state index contributed by atoms with van der Waals surface area (Å²) in [5, 5.41) is 3.96. The molecular weight excluding hydrogens is 486 g/mol. The van der Waals surface area contributed by atoms with Crippen molar-refractivity contribution < 1.29 is 22.7 Å². The van der Waals surface area contributed by atoms with Crippen molar-refractivity contribution in [2.75, 3.05) is 28.6 Å². The van der Waals surface area contributed by atoms with Crippen molar-refractivity contribution in [1.82, 2.24) is 5.43 Å². The van der Waals surface area contributed by atoms with E-state index in [9.17, 15) is 13.2 Å². The number of ether oxygens (including phenoxy) is 2.